The molecule has 0 saturated carbocycles. The van der Waals surface area contributed by atoms with Crippen molar-refractivity contribution in [3.63, 3.8) is 0 Å². The molecule has 1 amide bonds. The molecule has 5 N–H and O–H groups in total. The van der Waals surface area contributed by atoms with Crippen molar-refractivity contribution in [2.24, 2.45) is 0 Å². The van der Waals surface area contributed by atoms with E-state index in [4.69, 9.17) is 42.2 Å². The van der Waals surface area contributed by atoms with E-state index in [1.165, 1.54) is 38.1 Å². The van der Waals surface area contributed by atoms with E-state index in [-0.39, 0.29) is 78.3 Å². The lowest BCUT2D eigenvalue weighted by Crippen LogP contribution is -2.83. The van der Waals surface area contributed by atoms with Crippen molar-refractivity contribution in [2.75, 3.05) is 64.1 Å². The largest absolute Gasteiger partial charge is 0.461 e. The predicted molar refractivity (Wildman–Crippen MR) is 180 cm³/mol. The lowest BCUT2D eigenvalue weighted by molar-refractivity contribution is -0.605. The number of carbonyl (C=O) groups excluding carboxylic acids is 1. The number of nitrogens with one attached hydrogen (secondary N) is 1. The summed E-state index contributed by atoms with van der Waals surface area (Å²) in [6, 6.07) is 2.52. The summed E-state index contributed by atoms with van der Waals surface area (Å²) in [4.78, 5) is 27.2. The van der Waals surface area contributed by atoms with Crippen LogP contribution in [0.2, 0.25) is 0 Å². The van der Waals surface area contributed by atoms with Crippen LogP contribution in [0.1, 0.15) is 59.7 Å². The van der Waals surface area contributed by atoms with E-state index >= 15 is 0 Å². The second-order valence-corrected chi connectivity index (χ2v) is 14.2. The average Bonchev–Trinajstić information content (AvgIpc) is 3.52. The molecule has 0 bridgehead atoms. The molecule has 51 heavy (non-hydrogen) atoms. The summed E-state index contributed by atoms with van der Waals surface area (Å²) >= 11 is 6.62. The third kappa shape index (κ3) is 7.41. The van der Waals surface area contributed by atoms with Crippen molar-refractivity contribution in [1.82, 2.24) is 19.8 Å². The number of rotatable bonds is 7. The van der Waals surface area contributed by atoms with Gasteiger partial charge in [-0.1, -0.05) is 11.6 Å². The monoisotopic (exact) mass is 739 g/mol. The topological polar surface area (TPSA) is 138 Å². The molecule has 0 unspecified atom stereocenters. The van der Waals surface area contributed by atoms with Gasteiger partial charge in [-0.15, -0.1) is 0 Å². The molecule has 17 heteroatoms. The lowest BCUT2D eigenvalue weighted by atomic mass is 9.92. The number of benzene rings is 1. The number of fused-ring (bicyclic) bond motifs is 2. The van der Waals surface area contributed by atoms with Gasteiger partial charge in [-0.25, -0.2) is 0 Å². The third-order valence-electron chi connectivity index (χ3n) is 10.1. The first-order valence-electron chi connectivity index (χ1n) is 16.7. The Kier molecular flexibility index (Phi) is 10.3. The maximum Gasteiger partial charge on any atom is 0.417 e. The summed E-state index contributed by atoms with van der Waals surface area (Å²) < 4.78 is 82.7. The van der Waals surface area contributed by atoms with Crippen LogP contribution in [0.5, 0.6) is 6.01 Å². The number of nitrogens with zero attached hydrogens (tertiary/aromatic N) is 5. The van der Waals surface area contributed by atoms with Crippen molar-refractivity contribution in [2.45, 2.75) is 63.5 Å². The number of hydrogen-bond acceptors (Lipinski definition) is 9. The molecular formula is C34H41ClF5N8O3+. The average molecular weight is 740 g/mol. The highest BCUT2D eigenvalue weighted by atomic mass is 35.5. The summed E-state index contributed by atoms with van der Waals surface area (Å²) in [6.07, 6.45) is -5.12. The van der Waals surface area contributed by atoms with Crippen LogP contribution >= 0.6 is 11.6 Å². The normalized spacial score (nSPS) is 23.4. The molecule has 3 saturated heterocycles. The Balaban J connectivity index is 1.39. The van der Waals surface area contributed by atoms with Crippen LogP contribution in [0, 0.1) is 12.3 Å². The number of carbonyl (C=O) groups is 1. The smallest absolute Gasteiger partial charge is 0.417 e. The maximum absolute atomic E-state index is 14.3. The van der Waals surface area contributed by atoms with E-state index in [0.717, 1.165) is 6.42 Å². The second kappa shape index (κ2) is 14.3. The molecule has 276 valence electrons. The number of amides is 1. The Bertz CT molecular complexity index is 1800. The predicted octanol–water partition coefficient (Wildman–Crippen LogP) is 4.30. The van der Waals surface area contributed by atoms with E-state index in [2.05, 4.69) is 0 Å². The highest BCUT2D eigenvalue weighted by Crippen LogP contribution is 2.45. The number of aryl methyl sites for hydroxylation is 1. The number of halogens is 6. The summed E-state index contributed by atoms with van der Waals surface area (Å²) in [5.41, 5.74) is 5.83. The van der Waals surface area contributed by atoms with Gasteiger partial charge >= 0.3 is 12.2 Å². The molecule has 0 spiro atoms. The van der Waals surface area contributed by atoms with Gasteiger partial charge in [0.15, 0.2) is 0 Å². The fourth-order valence-electron chi connectivity index (χ4n) is 7.63. The van der Waals surface area contributed by atoms with E-state index in [9.17, 15) is 26.7 Å². The zero-order valence-corrected chi connectivity index (χ0v) is 29.4. The fourth-order valence-corrected chi connectivity index (χ4v) is 7.85. The molecule has 0 aliphatic carbocycles. The number of alkyl halides is 3. The second-order valence-electron chi connectivity index (χ2n) is 13.8. The minimum Gasteiger partial charge on any atom is -0.461 e. The van der Waals surface area contributed by atoms with Gasteiger partial charge in [0.05, 0.1) is 42.6 Å². The number of hydrogen-bond donors (Lipinski definition) is 3. The molecule has 6 rings (SSSR count). The molecule has 1 aromatic heterocycles. The molecule has 4 aliphatic rings. The van der Waals surface area contributed by atoms with Crippen LogP contribution in [0.3, 0.4) is 0 Å². The van der Waals surface area contributed by atoms with Crippen molar-refractivity contribution in [1.29, 1.82) is 5.41 Å². The van der Waals surface area contributed by atoms with Crippen molar-refractivity contribution >= 4 is 34.7 Å². The van der Waals surface area contributed by atoms with Crippen molar-refractivity contribution in [3.8, 4) is 6.01 Å². The summed E-state index contributed by atoms with van der Waals surface area (Å²) in [7, 11) is 3.06. The Morgan fingerprint density at radius 1 is 1.22 bits per heavy atom. The van der Waals surface area contributed by atoms with Gasteiger partial charge in [0.2, 0.25) is 0 Å². The minimum absolute atomic E-state index is 0.00126. The first-order chi connectivity index (χ1) is 24.1. The molecule has 11 nitrogen and oxygen atoms in total. The van der Waals surface area contributed by atoms with E-state index in [1.54, 1.807) is 0 Å². The van der Waals surface area contributed by atoms with Gasteiger partial charge in [-0.3, -0.25) is 15.1 Å². The number of nitrogens with two attached hydrogens (primary N) is 2. The van der Waals surface area contributed by atoms with Gasteiger partial charge in [0.25, 0.3) is 12.0 Å². The molecule has 5 heterocycles. The third-order valence-corrected chi connectivity index (χ3v) is 10.5. The van der Waals surface area contributed by atoms with Crippen LogP contribution in [0.25, 0.3) is 0 Å². The highest BCUT2D eigenvalue weighted by Gasteiger charge is 2.48. The van der Waals surface area contributed by atoms with Crippen LogP contribution in [0.15, 0.2) is 34.5 Å². The number of quaternary nitrogens is 1. The van der Waals surface area contributed by atoms with Gasteiger partial charge < -0.3 is 30.3 Å². The van der Waals surface area contributed by atoms with Gasteiger partial charge in [-0.2, -0.15) is 31.9 Å². The van der Waals surface area contributed by atoms with Crippen LogP contribution in [0.4, 0.5) is 33.5 Å². The lowest BCUT2D eigenvalue weighted by Gasteiger charge is -2.33. The van der Waals surface area contributed by atoms with Crippen LogP contribution < -0.4 is 20.7 Å². The molecule has 0 radical (unpaired) electrons. The van der Waals surface area contributed by atoms with E-state index in [0.29, 0.717) is 55.2 Å². The summed E-state index contributed by atoms with van der Waals surface area (Å²) in [5, 5.41) is 10.3. The Morgan fingerprint density at radius 3 is 2.69 bits per heavy atom. The Morgan fingerprint density at radius 2 is 1.98 bits per heavy atom. The summed E-state index contributed by atoms with van der Waals surface area (Å²) in [6.45, 7) is 3.36. The standard InChI is InChI=1S/C34H40ClF5N8O3/c1-18-10-20(41)11-21(26(18)34(38,39)40)25-12-23-22(16-50-25)30(47-8-5-7-43-24(15-47)27(35)28(42)31(49)46(2)3)45-32(44-23)51-17-33-6-4-9-48(33)14-19(13-33)29(36)37/h10-11,25,42-43H,4-9,12-17,41H2,1-3H3/p+1/b27-24+,42-28?/t25-,33-/m0/s1. The van der Waals surface area contributed by atoms with Crippen LogP contribution in [-0.2, 0) is 28.7 Å². The Hall–Kier alpha value is -3.86. The van der Waals surface area contributed by atoms with E-state index in [1.807, 2.05) is 15.1 Å². The maximum atomic E-state index is 14.3. The zero-order chi connectivity index (χ0) is 36.8. The van der Waals surface area contributed by atoms with Gasteiger partial charge in [-0.05, 0) is 56.0 Å². The molecule has 2 atom stereocenters. The minimum atomic E-state index is -4.66. The molecule has 1 aromatic carbocycles. The number of nitrogen functional groups attached to an aromatic ring is 1. The Labute approximate surface area is 297 Å². The van der Waals surface area contributed by atoms with Crippen molar-refractivity contribution in [3.05, 3.63) is 62.5 Å². The SMILES string of the molecule is Cc1cc(N)cc([C@@H]2Cc3nc(OC[C@@]45CCCN4CC(=C(F)F)C5)nc(N4CCC[NH2+]/C(=C(/Cl)C(=N)C(=O)N(C)C)C4)c3CO2)c1C(F)(F)F. The number of anilines is 2. The van der Waals surface area contributed by atoms with E-state index < -0.39 is 35.4 Å². The van der Waals surface area contributed by atoms with Gasteiger partial charge in [0.1, 0.15) is 28.9 Å². The first-order valence-corrected chi connectivity index (χ1v) is 17.1. The highest BCUT2D eigenvalue weighted by molar-refractivity contribution is 6.58. The number of aromatic nitrogens is 2. The molecular weight excluding hydrogens is 699 g/mol. The first kappa shape index (κ1) is 36.9. The van der Waals surface area contributed by atoms with Crippen LogP contribution in [-0.4, -0.2) is 90.4 Å². The fraction of sp³-hybridized carbons (Fsp3) is 0.529. The molecule has 3 fully saturated rings. The zero-order valence-electron chi connectivity index (χ0n) is 28.6. The number of ether oxygens (including phenoxy) is 2. The van der Waals surface area contributed by atoms with Crippen molar-refractivity contribution < 1.29 is 41.5 Å². The summed E-state index contributed by atoms with van der Waals surface area (Å²) in [5.74, 6) is -0.141. The van der Waals surface area contributed by atoms with Gasteiger partial charge in [0, 0.05) is 56.9 Å². The quantitative estimate of drug-likeness (QED) is 0.217. The molecule has 4 aliphatic heterocycles. The molecule has 2 aromatic rings.